The third kappa shape index (κ3) is 5.24. The van der Waals surface area contributed by atoms with Crippen molar-refractivity contribution >= 4 is 27.7 Å². The summed E-state index contributed by atoms with van der Waals surface area (Å²) in [5, 5.41) is 5.55. The molecule has 0 atom stereocenters. The Morgan fingerprint density at radius 2 is 1.76 bits per heavy atom. The Morgan fingerprint density at radius 1 is 0.971 bits per heavy atom. The van der Waals surface area contributed by atoms with Crippen molar-refractivity contribution in [3.8, 4) is 5.75 Å². The highest BCUT2D eigenvalue weighted by Crippen LogP contribution is 2.24. The van der Waals surface area contributed by atoms with Crippen LogP contribution in [0.1, 0.15) is 44.3 Å². The summed E-state index contributed by atoms with van der Waals surface area (Å²) in [5.41, 5.74) is 2.14. The van der Waals surface area contributed by atoms with E-state index in [2.05, 4.69) is 58.4 Å². The van der Waals surface area contributed by atoms with E-state index in [9.17, 15) is 4.79 Å². The number of carbonyl (C=O) groups is 1. The molecule has 1 amide bonds. The lowest BCUT2D eigenvalue weighted by molar-refractivity contribution is -0.125. The van der Waals surface area contributed by atoms with Gasteiger partial charge >= 0.3 is 0 Å². The molecule has 1 heterocycles. The molecular formula is C29H33N3O2. The minimum absolute atomic E-state index is 0.214. The number of aromatic nitrogens is 2. The molecule has 0 spiro atoms. The molecule has 1 aliphatic carbocycles. The number of nitrogens with one attached hydrogen (secondary N) is 1. The Morgan fingerprint density at radius 3 is 2.65 bits per heavy atom. The number of rotatable bonds is 9. The van der Waals surface area contributed by atoms with Crippen molar-refractivity contribution in [1.82, 2.24) is 14.9 Å². The minimum atomic E-state index is 0.214. The van der Waals surface area contributed by atoms with Crippen LogP contribution >= 0.6 is 0 Å². The zero-order valence-electron chi connectivity index (χ0n) is 19.7. The molecule has 176 valence electrons. The number of imidazole rings is 1. The van der Waals surface area contributed by atoms with Gasteiger partial charge in [0.15, 0.2) is 0 Å². The number of benzene rings is 3. The van der Waals surface area contributed by atoms with Crippen LogP contribution in [-0.2, 0) is 17.8 Å². The number of carbonyl (C=O) groups excluding carboxylic acids is 1. The van der Waals surface area contributed by atoms with Crippen molar-refractivity contribution in [3.05, 3.63) is 72.6 Å². The molecule has 34 heavy (non-hydrogen) atoms. The van der Waals surface area contributed by atoms with Crippen LogP contribution in [0.4, 0.5) is 0 Å². The van der Waals surface area contributed by atoms with E-state index in [0.29, 0.717) is 13.2 Å². The molecule has 0 saturated heterocycles. The predicted octanol–water partition coefficient (Wildman–Crippen LogP) is 5.90. The molecule has 0 unspecified atom stereocenters. The summed E-state index contributed by atoms with van der Waals surface area (Å²) in [6, 6.07) is 22.8. The molecule has 1 saturated carbocycles. The average molecular weight is 456 g/mol. The number of ether oxygens (including phenoxy) is 1. The highest BCUT2D eigenvalue weighted by atomic mass is 16.5. The van der Waals surface area contributed by atoms with E-state index in [1.807, 2.05) is 18.2 Å². The van der Waals surface area contributed by atoms with Gasteiger partial charge in [0, 0.05) is 18.9 Å². The molecule has 0 bridgehead atoms. The topological polar surface area (TPSA) is 56.2 Å². The first kappa shape index (κ1) is 22.5. The summed E-state index contributed by atoms with van der Waals surface area (Å²) >= 11 is 0. The van der Waals surface area contributed by atoms with Crippen LogP contribution in [-0.4, -0.2) is 28.6 Å². The zero-order chi connectivity index (χ0) is 23.2. The highest BCUT2D eigenvalue weighted by molar-refractivity contribution is 5.83. The molecule has 3 aromatic carbocycles. The Balaban J connectivity index is 1.19. The second-order valence-electron chi connectivity index (χ2n) is 9.26. The number of aryl methyl sites for hydroxylation is 1. The van der Waals surface area contributed by atoms with Crippen molar-refractivity contribution in [2.45, 2.75) is 51.5 Å². The Bertz CT molecular complexity index is 1260. The van der Waals surface area contributed by atoms with Crippen LogP contribution in [0.25, 0.3) is 21.8 Å². The van der Waals surface area contributed by atoms with Gasteiger partial charge in [0.2, 0.25) is 5.91 Å². The van der Waals surface area contributed by atoms with Gasteiger partial charge in [-0.1, -0.05) is 61.7 Å². The summed E-state index contributed by atoms with van der Waals surface area (Å²) < 4.78 is 8.37. The maximum absolute atomic E-state index is 12.4. The van der Waals surface area contributed by atoms with Crippen LogP contribution in [0.2, 0.25) is 0 Å². The first-order valence-electron chi connectivity index (χ1n) is 12.6. The molecule has 5 nitrogen and oxygen atoms in total. The van der Waals surface area contributed by atoms with Gasteiger partial charge in [-0.2, -0.15) is 0 Å². The molecule has 5 rings (SSSR count). The zero-order valence-corrected chi connectivity index (χ0v) is 19.7. The Kier molecular flexibility index (Phi) is 7.08. The van der Waals surface area contributed by atoms with E-state index < -0.39 is 0 Å². The van der Waals surface area contributed by atoms with E-state index in [1.54, 1.807) is 0 Å². The second-order valence-corrected chi connectivity index (χ2v) is 9.26. The van der Waals surface area contributed by atoms with E-state index in [0.717, 1.165) is 54.8 Å². The number of para-hydroxylation sites is 2. The smallest absolute Gasteiger partial charge is 0.223 e. The van der Waals surface area contributed by atoms with Gasteiger partial charge in [0.05, 0.1) is 17.6 Å². The summed E-state index contributed by atoms with van der Waals surface area (Å²) in [6.07, 6.45) is 7.43. The molecule has 4 aromatic rings. The highest BCUT2D eigenvalue weighted by Gasteiger charge is 2.20. The third-order valence-electron chi connectivity index (χ3n) is 6.89. The van der Waals surface area contributed by atoms with Gasteiger partial charge < -0.3 is 14.6 Å². The molecular weight excluding hydrogens is 422 g/mol. The fourth-order valence-electron chi connectivity index (χ4n) is 5.04. The maximum atomic E-state index is 12.4. The molecule has 0 aliphatic heterocycles. The molecule has 1 aliphatic rings. The van der Waals surface area contributed by atoms with E-state index in [-0.39, 0.29) is 11.8 Å². The van der Waals surface area contributed by atoms with Crippen LogP contribution in [0.5, 0.6) is 5.75 Å². The van der Waals surface area contributed by atoms with Gasteiger partial charge in [-0.3, -0.25) is 4.79 Å². The largest absolute Gasteiger partial charge is 0.492 e. The maximum Gasteiger partial charge on any atom is 0.223 e. The lowest BCUT2D eigenvalue weighted by Gasteiger charge is -2.20. The first-order valence-corrected chi connectivity index (χ1v) is 12.6. The SMILES string of the molecule is O=C(NCCCc1nc2ccccc2n1CCOc1ccc2ccccc2c1)C1CCCCC1. The normalized spacial score (nSPS) is 14.5. The van der Waals surface area contributed by atoms with Gasteiger partial charge in [0.1, 0.15) is 18.2 Å². The van der Waals surface area contributed by atoms with Crippen molar-refractivity contribution in [1.29, 1.82) is 0 Å². The summed E-state index contributed by atoms with van der Waals surface area (Å²) in [4.78, 5) is 17.3. The number of amides is 1. The summed E-state index contributed by atoms with van der Waals surface area (Å²) in [5.74, 6) is 2.38. The Hall–Kier alpha value is -3.34. The second kappa shape index (κ2) is 10.7. The van der Waals surface area contributed by atoms with Crippen LogP contribution in [0.3, 0.4) is 0 Å². The van der Waals surface area contributed by atoms with E-state index >= 15 is 0 Å². The minimum Gasteiger partial charge on any atom is -0.492 e. The predicted molar refractivity (Wildman–Crippen MR) is 137 cm³/mol. The average Bonchev–Trinajstić information content (AvgIpc) is 3.24. The van der Waals surface area contributed by atoms with Gasteiger partial charge in [-0.25, -0.2) is 4.98 Å². The van der Waals surface area contributed by atoms with Crippen molar-refractivity contribution in [2.75, 3.05) is 13.2 Å². The van der Waals surface area contributed by atoms with Crippen LogP contribution in [0.15, 0.2) is 66.7 Å². The number of hydrogen-bond acceptors (Lipinski definition) is 3. The molecule has 1 aromatic heterocycles. The van der Waals surface area contributed by atoms with Crippen LogP contribution < -0.4 is 10.1 Å². The number of hydrogen-bond donors (Lipinski definition) is 1. The quantitative estimate of drug-likeness (QED) is 0.320. The molecule has 1 N–H and O–H groups in total. The van der Waals surface area contributed by atoms with E-state index in [4.69, 9.17) is 9.72 Å². The lowest BCUT2D eigenvalue weighted by atomic mass is 9.89. The number of fused-ring (bicyclic) bond motifs is 2. The summed E-state index contributed by atoms with van der Waals surface area (Å²) in [7, 11) is 0. The fourth-order valence-corrected chi connectivity index (χ4v) is 5.04. The summed E-state index contributed by atoms with van der Waals surface area (Å²) in [6.45, 7) is 2.01. The van der Waals surface area contributed by atoms with Crippen molar-refractivity contribution < 1.29 is 9.53 Å². The Labute approximate surface area is 201 Å². The fraction of sp³-hybridized carbons (Fsp3) is 0.379. The lowest BCUT2D eigenvalue weighted by Crippen LogP contribution is -2.32. The van der Waals surface area contributed by atoms with Crippen molar-refractivity contribution in [2.24, 2.45) is 5.92 Å². The molecule has 1 fully saturated rings. The first-order chi connectivity index (χ1) is 16.8. The molecule has 0 radical (unpaired) electrons. The van der Waals surface area contributed by atoms with Gasteiger partial charge in [0.25, 0.3) is 0 Å². The third-order valence-corrected chi connectivity index (χ3v) is 6.89. The van der Waals surface area contributed by atoms with E-state index in [1.165, 1.54) is 30.0 Å². The van der Waals surface area contributed by atoms with Crippen LogP contribution in [0, 0.1) is 5.92 Å². The van der Waals surface area contributed by atoms with Crippen molar-refractivity contribution in [3.63, 3.8) is 0 Å². The monoisotopic (exact) mass is 455 g/mol. The standard InChI is InChI=1S/C29H33N3O2/c33-29(23-10-2-1-3-11-23)30-18-8-15-28-31-26-13-6-7-14-27(26)32(28)19-20-34-25-17-16-22-9-4-5-12-24(22)21-25/h4-7,9,12-14,16-17,21,23H,1-3,8,10-11,15,18-20H2,(H,30,33). The van der Waals surface area contributed by atoms with Gasteiger partial charge in [-0.15, -0.1) is 0 Å². The van der Waals surface area contributed by atoms with Gasteiger partial charge in [-0.05, 0) is 54.3 Å². The molecule has 5 heteroatoms. The number of nitrogens with zero attached hydrogens (tertiary/aromatic N) is 2.